The van der Waals surface area contributed by atoms with Gasteiger partial charge in [0.15, 0.2) is 17.7 Å². The molecule has 2 aliphatic heterocycles. The van der Waals surface area contributed by atoms with E-state index in [9.17, 15) is 4.79 Å². The molecule has 1 amide bonds. The lowest BCUT2D eigenvalue weighted by Gasteiger charge is -2.32. The van der Waals surface area contributed by atoms with Crippen LogP contribution in [-0.2, 0) is 11.3 Å². The van der Waals surface area contributed by atoms with Gasteiger partial charge in [0.05, 0.1) is 32.1 Å². The fourth-order valence-electron chi connectivity index (χ4n) is 3.17. The van der Waals surface area contributed by atoms with Crippen LogP contribution in [0.5, 0.6) is 11.5 Å². The Bertz CT molecular complexity index is 771. The van der Waals surface area contributed by atoms with E-state index in [0.717, 1.165) is 16.8 Å². The van der Waals surface area contributed by atoms with Crippen molar-refractivity contribution < 1.29 is 19.0 Å². The highest BCUT2D eigenvalue weighted by Gasteiger charge is 2.44. The van der Waals surface area contributed by atoms with E-state index in [1.165, 1.54) is 7.11 Å². The Morgan fingerprint density at radius 2 is 1.95 bits per heavy atom. The SMILES string of the molecule is COc1ccc2c(c1OC)C(=O)N1c3ccccc3CO[C@@H]21. The van der Waals surface area contributed by atoms with Crippen molar-refractivity contribution in [3.8, 4) is 11.5 Å². The van der Waals surface area contributed by atoms with Crippen LogP contribution >= 0.6 is 0 Å². The number of hydrogen-bond acceptors (Lipinski definition) is 4. The molecule has 5 heteroatoms. The van der Waals surface area contributed by atoms with Crippen LogP contribution in [0.3, 0.4) is 0 Å². The molecule has 0 radical (unpaired) electrons. The first kappa shape index (κ1) is 13.2. The minimum atomic E-state index is -0.405. The number of carbonyl (C=O) groups excluding carboxylic acids is 1. The van der Waals surface area contributed by atoms with Gasteiger partial charge in [-0.15, -0.1) is 0 Å². The van der Waals surface area contributed by atoms with E-state index in [1.807, 2.05) is 30.3 Å². The maximum atomic E-state index is 13.0. The molecule has 2 aromatic rings. The molecule has 2 aliphatic rings. The third-order valence-electron chi connectivity index (χ3n) is 4.16. The Labute approximate surface area is 128 Å². The minimum Gasteiger partial charge on any atom is -0.493 e. The number of amides is 1. The summed E-state index contributed by atoms with van der Waals surface area (Å²) in [6, 6.07) is 11.5. The fourth-order valence-corrected chi connectivity index (χ4v) is 3.17. The van der Waals surface area contributed by atoms with Crippen LogP contribution in [0.1, 0.15) is 27.7 Å². The molecular weight excluding hydrogens is 282 g/mol. The van der Waals surface area contributed by atoms with E-state index in [0.29, 0.717) is 23.7 Å². The van der Waals surface area contributed by atoms with Crippen molar-refractivity contribution in [3.63, 3.8) is 0 Å². The summed E-state index contributed by atoms with van der Waals surface area (Å²) in [5.41, 5.74) is 3.23. The van der Waals surface area contributed by atoms with Gasteiger partial charge in [0.25, 0.3) is 5.91 Å². The molecule has 112 valence electrons. The topological polar surface area (TPSA) is 48.0 Å². The average molecular weight is 297 g/mol. The highest BCUT2D eigenvalue weighted by Crippen LogP contribution is 2.48. The number of anilines is 1. The van der Waals surface area contributed by atoms with E-state index in [4.69, 9.17) is 14.2 Å². The van der Waals surface area contributed by atoms with Crippen LogP contribution in [0.15, 0.2) is 36.4 Å². The number of rotatable bonds is 2. The van der Waals surface area contributed by atoms with Gasteiger partial charge in [0, 0.05) is 11.1 Å². The average Bonchev–Trinajstić information content (AvgIpc) is 2.87. The van der Waals surface area contributed by atoms with Crippen molar-refractivity contribution in [1.82, 2.24) is 0 Å². The van der Waals surface area contributed by atoms with Gasteiger partial charge in [-0.1, -0.05) is 18.2 Å². The summed E-state index contributed by atoms with van der Waals surface area (Å²) in [4.78, 5) is 14.6. The summed E-state index contributed by atoms with van der Waals surface area (Å²) >= 11 is 0. The summed E-state index contributed by atoms with van der Waals surface area (Å²) in [5, 5.41) is 0. The molecule has 0 aromatic heterocycles. The smallest absolute Gasteiger partial charge is 0.265 e. The van der Waals surface area contributed by atoms with Crippen LogP contribution < -0.4 is 14.4 Å². The number of nitrogens with zero attached hydrogens (tertiary/aromatic N) is 1. The first-order valence-corrected chi connectivity index (χ1v) is 7.04. The highest BCUT2D eigenvalue weighted by molar-refractivity contribution is 6.13. The monoisotopic (exact) mass is 297 g/mol. The van der Waals surface area contributed by atoms with Gasteiger partial charge in [0.1, 0.15) is 0 Å². The number of para-hydroxylation sites is 1. The van der Waals surface area contributed by atoms with E-state index in [-0.39, 0.29) is 5.91 Å². The number of hydrogen-bond donors (Lipinski definition) is 0. The highest BCUT2D eigenvalue weighted by atomic mass is 16.5. The second-order valence-corrected chi connectivity index (χ2v) is 5.23. The maximum Gasteiger partial charge on any atom is 0.265 e. The first-order valence-electron chi connectivity index (χ1n) is 7.04. The normalized spacial score (nSPS) is 18.5. The molecule has 0 aliphatic carbocycles. The number of benzene rings is 2. The lowest BCUT2D eigenvalue weighted by Crippen LogP contribution is -2.33. The summed E-state index contributed by atoms with van der Waals surface area (Å²) in [5.74, 6) is 0.881. The summed E-state index contributed by atoms with van der Waals surface area (Å²) in [6.07, 6.45) is -0.405. The number of carbonyl (C=O) groups is 1. The largest absolute Gasteiger partial charge is 0.493 e. The molecule has 5 nitrogen and oxygen atoms in total. The molecule has 0 saturated carbocycles. The van der Waals surface area contributed by atoms with Crippen LogP contribution in [-0.4, -0.2) is 20.1 Å². The number of fused-ring (bicyclic) bond motifs is 5. The Morgan fingerprint density at radius 1 is 1.14 bits per heavy atom. The number of methoxy groups -OCH3 is 2. The van der Waals surface area contributed by atoms with Gasteiger partial charge in [-0.2, -0.15) is 0 Å². The molecule has 0 saturated heterocycles. The number of ether oxygens (including phenoxy) is 3. The van der Waals surface area contributed by atoms with Crippen LogP contribution in [0.25, 0.3) is 0 Å². The summed E-state index contributed by atoms with van der Waals surface area (Å²) in [6.45, 7) is 0.485. The van der Waals surface area contributed by atoms with E-state index >= 15 is 0 Å². The molecule has 0 N–H and O–H groups in total. The first-order chi connectivity index (χ1) is 10.8. The van der Waals surface area contributed by atoms with E-state index in [2.05, 4.69) is 0 Å². The zero-order chi connectivity index (χ0) is 15.3. The van der Waals surface area contributed by atoms with Crippen LogP contribution in [0.2, 0.25) is 0 Å². The molecule has 0 unspecified atom stereocenters. The Morgan fingerprint density at radius 3 is 2.73 bits per heavy atom. The lowest BCUT2D eigenvalue weighted by molar-refractivity contribution is 0.0319. The Hall–Kier alpha value is -2.53. The molecular formula is C17H15NO4. The molecule has 2 heterocycles. The predicted octanol–water partition coefficient (Wildman–Crippen LogP) is 2.89. The van der Waals surface area contributed by atoms with Gasteiger partial charge in [-0.25, -0.2) is 0 Å². The van der Waals surface area contributed by atoms with Crippen LogP contribution in [0.4, 0.5) is 5.69 Å². The van der Waals surface area contributed by atoms with Gasteiger partial charge in [-0.05, 0) is 18.2 Å². The van der Waals surface area contributed by atoms with E-state index in [1.54, 1.807) is 18.1 Å². The predicted molar refractivity (Wildman–Crippen MR) is 80.3 cm³/mol. The molecule has 1 atom stereocenters. The molecule has 22 heavy (non-hydrogen) atoms. The fraction of sp³-hybridized carbons (Fsp3) is 0.235. The third kappa shape index (κ3) is 1.60. The molecule has 0 spiro atoms. The van der Waals surface area contributed by atoms with E-state index < -0.39 is 6.23 Å². The zero-order valence-corrected chi connectivity index (χ0v) is 12.3. The Balaban J connectivity index is 1.92. The second kappa shape index (κ2) is 4.74. The zero-order valence-electron chi connectivity index (χ0n) is 12.3. The third-order valence-corrected chi connectivity index (χ3v) is 4.16. The van der Waals surface area contributed by atoms with Crippen molar-refractivity contribution in [2.24, 2.45) is 0 Å². The van der Waals surface area contributed by atoms with Crippen molar-refractivity contribution in [3.05, 3.63) is 53.1 Å². The standard InChI is InChI=1S/C17H15NO4/c1-20-13-8-7-11-14(15(13)21-2)16(19)18-12-6-4-3-5-10(12)9-22-17(11)18/h3-8,17H,9H2,1-2H3/t17-/m0/s1. The quantitative estimate of drug-likeness (QED) is 0.855. The summed E-state index contributed by atoms with van der Waals surface area (Å²) < 4.78 is 16.6. The molecule has 0 fully saturated rings. The van der Waals surface area contributed by atoms with Crippen molar-refractivity contribution in [1.29, 1.82) is 0 Å². The van der Waals surface area contributed by atoms with Gasteiger partial charge in [0.2, 0.25) is 0 Å². The summed E-state index contributed by atoms with van der Waals surface area (Å²) in [7, 11) is 3.10. The molecule has 4 rings (SSSR count). The van der Waals surface area contributed by atoms with Crippen molar-refractivity contribution in [2.45, 2.75) is 12.8 Å². The molecule has 0 bridgehead atoms. The molecule has 2 aromatic carbocycles. The maximum absolute atomic E-state index is 13.0. The van der Waals surface area contributed by atoms with Gasteiger partial charge < -0.3 is 14.2 Å². The van der Waals surface area contributed by atoms with Crippen molar-refractivity contribution in [2.75, 3.05) is 19.1 Å². The minimum absolute atomic E-state index is 0.122. The van der Waals surface area contributed by atoms with Gasteiger partial charge in [-0.3, -0.25) is 9.69 Å². The van der Waals surface area contributed by atoms with Crippen LogP contribution in [0, 0.1) is 0 Å². The van der Waals surface area contributed by atoms with Gasteiger partial charge >= 0.3 is 0 Å². The Kier molecular flexibility index (Phi) is 2.84. The second-order valence-electron chi connectivity index (χ2n) is 5.23. The lowest BCUT2D eigenvalue weighted by atomic mass is 10.1. The van der Waals surface area contributed by atoms with Crippen molar-refractivity contribution >= 4 is 11.6 Å².